The van der Waals surface area contributed by atoms with Crippen molar-refractivity contribution < 1.29 is 4.79 Å². The van der Waals surface area contributed by atoms with Crippen LogP contribution >= 0.6 is 12.2 Å². The largest absolute Gasteiger partial charge is 0.392 e. The van der Waals surface area contributed by atoms with E-state index >= 15 is 0 Å². The van der Waals surface area contributed by atoms with E-state index in [9.17, 15) is 4.79 Å². The smallest absolute Gasteiger partial charge is 0.233 e. The van der Waals surface area contributed by atoms with Crippen molar-refractivity contribution in [2.75, 3.05) is 0 Å². The highest BCUT2D eigenvalue weighted by Crippen LogP contribution is 2.27. The number of thiocarbonyl (C=S) groups is 1. The van der Waals surface area contributed by atoms with Crippen LogP contribution in [0.3, 0.4) is 0 Å². The van der Waals surface area contributed by atoms with E-state index in [1.807, 2.05) is 26.8 Å². The average molecular weight is 279 g/mol. The number of hydrogen-bond acceptors (Lipinski definition) is 3. The van der Waals surface area contributed by atoms with Gasteiger partial charge in [0.25, 0.3) is 0 Å². The minimum absolute atomic E-state index is 0.103. The van der Waals surface area contributed by atoms with Gasteiger partial charge in [0.15, 0.2) is 0 Å². The second-order valence-corrected chi connectivity index (χ2v) is 5.08. The summed E-state index contributed by atoms with van der Waals surface area (Å²) in [7, 11) is 0. The standard InChI is InChI=1S/C14H21N3OS/c1-4-14(5-2,12(15)19)13(18)17-9-11-8-16-7-6-10(11)3/h6-8H,4-5,9H2,1-3H3,(H2,15,19)(H,17,18). The summed E-state index contributed by atoms with van der Waals surface area (Å²) >= 11 is 5.06. The minimum Gasteiger partial charge on any atom is -0.392 e. The Labute approximate surface area is 119 Å². The first-order valence-corrected chi connectivity index (χ1v) is 6.86. The molecule has 5 heteroatoms. The molecular weight excluding hydrogens is 258 g/mol. The first kappa shape index (κ1) is 15.6. The summed E-state index contributed by atoms with van der Waals surface area (Å²) in [5.41, 5.74) is 7.11. The molecule has 3 N–H and O–H groups in total. The monoisotopic (exact) mass is 279 g/mol. The second-order valence-electron chi connectivity index (χ2n) is 4.64. The van der Waals surface area contributed by atoms with Crippen LogP contribution in [0.1, 0.15) is 37.8 Å². The van der Waals surface area contributed by atoms with Crippen LogP contribution in [0.5, 0.6) is 0 Å². The Morgan fingerprint density at radius 2 is 2.11 bits per heavy atom. The van der Waals surface area contributed by atoms with Crippen LogP contribution < -0.4 is 11.1 Å². The van der Waals surface area contributed by atoms with Gasteiger partial charge in [0, 0.05) is 18.9 Å². The summed E-state index contributed by atoms with van der Waals surface area (Å²) in [4.78, 5) is 16.7. The van der Waals surface area contributed by atoms with Gasteiger partial charge in [-0.1, -0.05) is 26.1 Å². The average Bonchev–Trinajstić information content (AvgIpc) is 2.39. The fourth-order valence-corrected chi connectivity index (χ4v) is 2.44. The molecule has 0 aliphatic rings. The maximum absolute atomic E-state index is 12.4. The molecule has 0 unspecified atom stereocenters. The molecule has 0 aliphatic heterocycles. The van der Waals surface area contributed by atoms with Crippen molar-refractivity contribution in [3.05, 3.63) is 29.6 Å². The third-order valence-electron chi connectivity index (χ3n) is 3.70. The lowest BCUT2D eigenvalue weighted by atomic mass is 9.81. The number of nitrogens with one attached hydrogen (secondary N) is 1. The summed E-state index contributed by atoms with van der Waals surface area (Å²) < 4.78 is 0. The van der Waals surface area contributed by atoms with E-state index < -0.39 is 5.41 Å². The van der Waals surface area contributed by atoms with Crippen molar-refractivity contribution in [1.29, 1.82) is 0 Å². The second kappa shape index (κ2) is 6.61. The number of nitrogens with zero attached hydrogens (tertiary/aromatic N) is 1. The third-order valence-corrected chi connectivity index (χ3v) is 4.09. The van der Waals surface area contributed by atoms with E-state index in [1.165, 1.54) is 0 Å². The highest BCUT2D eigenvalue weighted by Gasteiger charge is 2.37. The maximum atomic E-state index is 12.4. The molecule has 104 valence electrons. The lowest BCUT2D eigenvalue weighted by Crippen LogP contribution is -2.48. The van der Waals surface area contributed by atoms with E-state index in [2.05, 4.69) is 10.3 Å². The lowest BCUT2D eigenvalue weighted by molar-refractivity contribution is -0.128. The van der Waals surface area contributed by atoms with Gasteiger partial charge in [0.05, 0.1) is 10.4 Å². The Hall–Kier alpha value is -1.49. The van der Waals surface area contributed by atoms with Gasteiger partial charge in [0.2, 0.25) is 5.91 Å². The van der Waals surface area contributed by atoms with Crippen molar-refractivity contribution in [3.63, 3.8) is 0 Å². The van der Waals surface area contributed by atoms with Crippen LogP contribution in [-0.4, -0.2) is 15.9 Å². The van der Waals surface area contributed by atoms with E-state index in [0.29, 0.717) is 19.4 Å². The van der Waals surface area contributed by atoms with Crippen LogP contribution in [0, 0.1) is 12.3 Å². The van der Waals surface area contributed by atoms with Crippen molar-refractivity contribution in [2.24, 2.45) is 11.1 Å². The fourth-order valence-electron chi connectivity index (χ4n) is 2.06. The van der Waals surface area contributed by atoms with Crippen LogP contribution in [0.4, 0.5) is 0 Å². The van der Waals surface area contributed by atoms with E-state index in [-0.39, 0.29) is 10.9 Å². The quantitative estimate of drug-likeness (QED) is 0.783. The molecule has 0 bridgehead atoms. The van der Waals surface area contributed by atoms with Crippen LogP contribution in [0.2, 0.25) is 0 Å². The number of rotatable bonds is 6. The highest BCUT2D eigenvalue weighted by molar-refractivity contribution is 7.80. The summed E-state index contributed by atoms with van der Waals surface area (Å²) in [5.74, 6) is -0.103. The topological polar surface area (TPSA) is 68.0 Å². The van der Waals surface area contributed by atoms with E-state index in [0.717, 1.165) is 11.1 Å². The van der Waals surface area contributed by atoms with Gasteiger partial charge in [-0.15, -0.1) is 0 Å². The molecule has 0 saturated carbocycles. The maximum Gasteiger partial charge on any atom is 0.233 e. The van der Waals surface area contributed by atoms with Crippen molar-refractivity contribution in [1.82, 2.24) is 10.3 Å². The van der Waals surface area contributed by atoms with Gasteiger partial charge in [-0.25, -0.2) is 0 Å². The molecule has 0 spiro atoms. The number of hydrogen-bond donors (Lipinski definition) is 2. The third kappa shape index (κ3) is 3.29. The van der Waals surface area contributed by atoms with Gasteiger partial charge < -0.3 is 11.1 Å². The predicted octanol–water partition coefficient (Wildman–Crippen LogP) is 2.10. The number of carbonyl (C=O) groups excluding carboxylic acids is 1. The minimum atomic E-state index is -0.745. The fraction of sp³-hybridized carbons (Fsp3) is 0.500. The Kier molecular flexibility index (Phi) is 5.42. The van der Waals surface area contributed by atoms with Crippen molar-refractivity contribution >= 4 is 23.1 Å². The summed E-state index contributed by atoms with van der Waals surface area (Å²) in [6.07, 6.45) is 4.71. The summed E-state index contributed by atoms with van der Waals surface area (Å²) in [6.45, 7) is 6.29. The van der Waals surface area contributed by atoms with Gasteiger partial charge in [-0.3, -0.25) is 9.78 Å². The first-order chi connectivity index (χ1) is 8.97. The molecule has 19 heavy (non-hydrogen) atoms. The Balaban J connectivity index is 2.79. The SMILES string of the molecule is CCC(CC)(C(=O)NCc1cnccc1C)C(N)=S. The highest BCUT2D eigenvalue weighted by atomic mass is 32.1. The van der Waals surface area contributed by atoms with Crippen LogP contribution in [0.15, 0.2) is 18.5 Å². The van der Waals surface area contributed by atoms with Gasteiger partial charge in [-0.05, 0) is 37.0 Å². The molecule has 1 aromatic heterocycles. The number of carbonyl (C=O) groups is 1. The molecule has 0 atom stereocenters. The van der Waals surface area contributed by atoms with E-state index in [1.54, 1.807) is 12.4 Å². The van der Waals surface area contributed by atoms with Gasteiger partial charge in [0.1, 0.15) is 0 Å². The zero-order chi connectivity index (χ0) is 14.5. The Morgan fingerprint density at radius 1 is 1.47 bits per heavy atom. The Bertz CT molecular complexity index is 470. The Morgan fingerprint density at radius 3 is 2.58 bits per heavy atom. The van der Waals surface area contributed by atoms with Crippen LogP contribution in [-0.2, 0) is 11.3 Å². The number of amides is 1. The first-order valence-electron chi connectivity index (χ1n) is 6.45. The molecule has 0 saturated heterocycles. The molecule has 1 heterocycles. The zero-order valence-electron chi connectivity index (χ0n) is 11.7. The molecule has 1 amide bonds. The summed E-state index contributed by atoms with van der Waals surface area (Å²) in [5, 5.41) is 2.92. The van der Waals surface area contributed by atoms with E-state index in [4.69, 9.17) is 18.0 Å². The van der Waals surface area contributed by atoms with Crippen LogP contribution in [0.25, 0.3) is 0 Å². The molecule has 1 aromatic rings. The summed E-state index contributed by atoms with van der Waals surface area (Å²) in [6, 6.07) is 1.92. The molecule has 0 fully saturated rings. The zero-order valence-corrected chi connectivity index (χ0v) is 12.5. The lowest BCUT2D eigenvalue weighted by Gasteiger charge is -2.29. The molecule has 0 radical (unpaired) electrons. The number of pyridine rings is 1. The number of aryl methyl sites for hydroxylation is 1. The van der Waals surface area contributed by atoms with Gasteiger partial charge >= 0.3 is 0 Å². The number of aromatic nitrogens is 1. The normalized spacial score (nSPS) is 11.1. The number of nitrogens with two attached hydrogens (primary N) is 1. The van der Waals surface area contributed by atoms with Gasteiger partial charge in [-0.2, -0.15) is 0 Å². The molecule has 0 aliphatic carbocycles. The molecule has 1 rings (SSSR count). The predicted molar refractivity (Wildman–Crippen MR) is 80.6 cm³/mol. The molecule has 0 aromatic carbocycles. The molecular formula is C14H21N3OS. The van der Waals surface area contributed by atoms with Crippen molar-refractivity contribution in [3.8, 4) is 0 Å². The van der Waals surface area contributed by atoms with Crippen molar-refractivity contribution in [2.45, 2.75) is 40.2 Å². The molecule has 4 nitrogen and oxygen atoms in total.